The predicted molar refractivity (Wildman–Crippen MR) is 315 cm³/mol. The van der Waals surface area contributed by atoms with E-state index in [2.05, 4.69) is 275 Å². The van der Waals surface area contributed by atoms with Gasteiger partial charge in [0, 0.05) is 22.4 Å². The van der Waals surface area contributed by atoms with Gasteiger partial charge in [0.05, 0.1) is 5.69 Å². The van der Waals surface area contributed by atoms with Crippen molar-refractivity contribution in [2.45, 2.75) is 158 Å². The second-order valence-electron chi connectivity index (χ2n) is 25.2. The maximum absolute atomic E-state index is 12.6. The van der Waals surface area contributed by atoms with Crippen LogP contribution in [-0.4, -0.2) is 10.1 Å². The molecule has 0 aliphatic heterocycles. The molecule has 0 aliphatic carbocycles. The number of hydrogen-bond acceptors (Lipinski definition) is 2. The molecule has 0 radical (unpaired) electrons. The van der Waals surface area contributed by atoms with Crippen LogP contribution in [0.15, 0.2) is 134 Å². The number of aryl methyl sites for hydroxylation is 1. The van der Waals surface area contributed by atoms with Gasteiger partial charge >= 0.3 is 21.1 Å². The molecule has 2 heterocycles. The number of hydrogen-bond donors (Lipinski definition) is 1. The summed E-state index contributed by atoms with van der Waals surface area (Å²) in [7, 11) is 2.14. The number of phenols is 1. The van der Waals surface area contributed by atoms with Gasteiger partial charge in [-0.25, -0.2) is 15.7 Å². The molecule has 3 nitrogen and oxygen atoms in total. The van der Waals surface area contributed by atoms with E-state index in [9.17, 15) is 5.11 Å². The average Bonchev–Trinajstić information content (AvgIpc) is 3.35. The number of aromatic nitrogens is 2. The van der Waals surface area contributed by atoms with Crippen molar-refractivity contribution in [2.24, 2.45) is 7.05 Å². The van der Waals surface area contributed by atoms with Gasteiger partial charge in [-0.05, 0) is 113 Å². The van der Waals surface area contributed by atoms with Crippen molar-refractivity contribution in [1.82, 2.24) is 4.98 Å². The molecule has 75 heavy (non-hydrogen) atoms. The molecule has 0 aliphatic rings. The Balaban J connectivity index is 0.00000820. The molecule has 8 aromatic rings. The Morgan fingerprint density at radius 2 is 0.893 bits per heavy atom. The normalized spacial score (nSPS) is 12.3. The van der Waals surface area contributed by atoms with E-state index in [0.717, 1.165) is 56.0 Å². The summed E-state index contributed by atoms with van der Waals surface area (Å²) < 4.78 is 2.23. The van der Waals surface area contributed by atoms with Crippen molar-refractivity contribution in [3.63, 3.8) is 0 Å². The number of pyridine rings is 2. The third-order valence-corrected chi connectivity index (χ3v) is 14.9. The zero-order chi connectivity index (χ0) is 53.8. The molecule has 0 bridgehead atoms. The summed E-state index contributed by atoms with van der Waals surface area (Å²) >= 11 is 0. The largest absolute Gasteiger partial charge is 2.00 e. The van der Waals surface area contributed by atoms with Crippen LogP contribution < -0.4 is 4.57 Å². The zero-order valence-corrected chi connectivity index (χ0v) is 50.4. The third kappa shape index (κ3) is 12.1. The molecule has 0 atom stereocenters. The summed E-state index contributed by atoms with van der Waals surface area (Å²) in [6.45, 7) is 38.6. The molecule has 0 fully saturated rings. The van der Waals surface area contributed by atoms with E-state index in [-0.39, 0.29) is 54.9 Å². The Labute approximate surface area is 466 Å². The van der Waals surface area contributed by atoms with Crippen LogP contribution in [0.4, 0.5) is 0 Å². The molecule has 8 rings (SSSR count). The van der Waals surface area contributed by atoms with Gasteiger partial charge in [0.25, 0.3) is 0 Å². The van der Waals surface area contributed by atoms with Crippen LogP contribution in [0, 0.1) is 12.1 Å². The van der Waals surface area contributed by atoms with E-state index in [1.807, 2.05) is 0 Å². The molecule has 390 valence electrons. The van der Waals surface area contributed by atoms with Crippen LogP contribution in [0.5, 0.6) is 5.75 Å². The monoisotopic (exact) mass is 1170 g/mol. The molecule has 6 aromatic carbocycles. The molecule has 1 N–H and O–H groups in total. The Morgan fingerprint density at radius 3 is 1.35 bits per heavy atom. The summed E-state index contributed by atoms with van der Waals surface area (Å²) in [6, 6.07) is 54.6. The van der Waals surface area contributed by atoms with Gasteiger partial charge in [-0.3, -0.25) is 4.98 Å². The minimum atomic E-state index is -0.315. The summed E-state index contributed by atoms with van der Waals surface area (Å²) in [5.74, 6) is 1.31. The standard InChI is InChI=1S/C71H81N2O.Pt/c1-43(2)57-34-51(47-25-21-19-22-26-47)35-58(44(3)4)66(57)54-38-63(72-64(39-54)61-41-56(70(12,13)14)42-62(68(61)74)71(15,16)17)53-31-50(32-55(33-53)69(9,10)11)49-29-30-73(18)65(40-49)67-59(45(5)6)36-52(37-60(67)46(7)8)48-27-23-20-24-28-48;/h19-28,30,32-46,74H,1-18H3;/q-1;+2. The molecular formula is C71H81N2OPt+. The summed E-state index contributed by atoms with van der Waals surface area (Å²) in [5, 5.41) is 12.6. The number of aromatic hydroxyl groups is 1. The first-order chi connectivity index (χ1) is 34.7. The summed E-state index contributed by atoms with van der Waals surface area (Å²) in [4.78, 5) is 5.65. The van der Waals surface area contributed by atoms with Crippen LogP contribution in [0.3, 0.4) is 0 Å². The van der Waals surface area contributed by atoms with Crippen molar-refractivity contribution < 1.29 is 30.7 Å². The van der Waals surface area contributed by atoms with Crippen LogP contribution in [0.1, 0.15) is 180 Å². The molecule has 0 amide bonds. The third-order valence-electron chi connectivity index (χ3n) is 14.9. The van der Waals surface area contributed by atoms with Crippen LogP contribution in [0.25, 0.3) is 78.3 Å². The molecule has 4 heteroatoms. The van der Waals surface area contributed by atoms with Crippen molar-refractivity contribution in [2.75, 3.05) is 0 Å². The van der Waals surface area contributed by atoms with Gasteiger partial charge in [-0.2, -0.15) is 12.1 Å². The summed E-state index contributed by atoms with van der Waals surface area (Å²) in [5.41, 5.74) is 22.6. The SMILES string of the molecule is CC(C)c1cc(-c2ccccc2)cc(C(C)C)c1-c1cc(-c2[c-]c(-c3[c-]c[n+](C)c(-c4c(C(C)C)cc(-c5ccccc5)cc4C(C)C)c3)cc(C(C)(C)C)c2)nc(-c2cc(C(C)(C)C)cc(C(C)(C)C)c2O)c1.[Pt+2]. The number of rotatable bonds is 11. The Bertz CT molecular complexity index is 3280. The van der Waals surface area contributed by atoms with Crippen LogP contribution >= 0.6 is 0 Å². The van der Waals surface area contributed by atoms with Gasteiger partial charge in [0.2, 0.25) is 0 Å². The fourth-order valence-electron chi connectivity index (χ4n) is 10.4. The first-order valence-corrected chi connectivity index (χ1v) is 27.1. The maximum atomic E-state index is 12.6. The van der Waals surface area contributed by atoms with E-state index < -0.39 is 0 Å². The quantitative estimate of drug-likeness (QED) is 0.104. The van der Waals surface area contributed by atoms with E-state index in [4.69, 9.17) is 4.98 Å². The zero-order valence-electron chi connectivity index (χ0n) is 48.2. The average molecular weight is 1170 g/mol. The number of benzene rings is 6. The van der Waals surface area contributed by atoms with Crippen LogP contribution in [0.2, 0.25) is 0 Å². The van der Waals surface area contributed by atoms with Gasteiger partial charge in [0.15, 0.2) is 5.69 Å². The molecule has 0 unspecified atom stereocenters. The minimum absolute atomic E-state index is 0. The smallest absolute Gasteiger partial charge is 0.507 e. The van der Waals surface area contributed by atoms with Crippen molar-refractivity contribution in [3.05, 3.63) is 185 Å². The van der Waals surface area contributed by atoms with E-state index in [1.165, 1.54) is 61.2 Å². The Hall–Kier alpha value is -5.89. The maximum Gasteiger partial charge on any atom is 2.00 e. The second kappa shape index (κ2) is 22.0. The number of phenolic OH excluding ortho intramolecular Hbond substituents is 1. The van der Waals surface area contributed by atoms with Crippen molar-refractivity contribution in [1.29, 1.82) is 0 Å². The first kappa shape index (κ1) is 56.8. The molecule has 0 spiro atoms. The Kier molecular flexibility index (Phi) is 16.7. The van der Waals surface area contributed by atoms with Gasteiger partial charge in [0.1, 0.15) is 19.0 Å². The van der Waals surface area contributed by atoms with Gasteiger partial charge < -0.3 is 5.11 Å². The molecular weight excluding hydrogens is 1090 g/mol. The minimum Gasteiger partial charge on any atom is -0.507 e. The van der Waals surface area contributed by atoms with E-state index in [1.54, 1.807) is 0 Å². The summed E-state index contributed by atoms with van der Waals surface area (Å²) in [6.07, 6.45) is 2.09. The Morgan fingerprint density at radius 1 is 0.453 bits per heavy atom. The number of nitrogens with zero attached hydrogens (tertiary/aromatic N) is 2. The van der Waals surface area contributed by atoms with Crippen LogP contribution in [-0.2, 0) is 44.4 Å². The van der Waals surface area contributed by atoms with E-state index >= 15 is 0 Å². The van der Waals surface area contributed by atoms with Crippen molar-refractivity contribution in [3.8, 4) is 84.0 Å². The fraction of sp³-hybridized carbons (Fsp3) is 0.352. The fourth-order valence-corrected chi connectivity index (χ4v) is 10.4. The second-order valence-corrected chi connectivity index (χ2v) is 25.2. The molecule has 0 saturated heterocycles. The van der Waals surface area contributed by atoms with E-state index in [0.29, 0.717) is 11.8 Å². The molecule has 2 aromatic heterocycles. The topological polar surface area (TPSA) is 37.0 Å². The first-order valence-electron chi connectivity index (χ1n) is 27.1. The van der Waals surface area contributed by atoms with Gasteiger partial charge in [-0.1, -0.05) is 215 Å². The van der Waals surface area contributed by atoms with Gasteiger partial charge in [-0.15, -0.1) is 29.3 Å². The predicted octanol–water partition coefficient (Wildman–Crippen LogP) is 19.3. The van der Waals surface area contributed by atoms with Crippen molar-refractivity contribution >= 4 is 0 Å². The molecule has 0 saturated carbocycles.